The fourth-order valence-corrected chi connectivity index (χ4v) is 1.65. The highest BCUT2D eigenvalue weighted by Crippen LogP contribution is 2.29. The number of hydrogen-bond donors (Lipinski definition) is 2. The molecule has 0 fully saturated rings. The maximum atomic E-state index is 9.61. The first-order chi connectivity index (χ1) is 6.63. The topological polar surface area (TPSA) is 44.3 Å². The number of fused-ring (bicyclic) bond motifs is 1. The van der Waals surface area contributed by atoms with E-state index in [1.54, 1.807) is 18.5 Å². The molecule has 0 atom stereocenters. The third kappa shape index (κ3) is 1.02. The van der Waals surface area contributed by atoms with E-state index in [0.29, 0.717) is 5.56 Å². The maximum Gasteiger partial charge on any atom is 0.409 e. The zero-order valence-electron chi connectivity index (χ0n) is 8.15. The van der Waals surface area contributed by atoms with Crippen molar-refractivity contribution >= 4 is 10.9 Å². The lowest BCUT2D eigenvalue weighted by molar-refractivity contribution is -0.652. The molecule has 2 rings (SSSR count). The Balaban J connectivity index is 3.02. The van der Waals surface area contributed by atoms with Crippen LogP contribution in [-0.2, 0) is 7.05 Å². The van der Waals surface area contributed by atoms with Crippen LogP contribution in [0.3, 0.4) is 0 Å². The molecule has 0 spiro atoms. The fraction of sp³-hybridized carbons (Fsp3) is 0.182. The highest BCUT2D eigenvalue weighted by Gasteiger charge is 2.19. The summed E-state index contributed by atoms with van der Waals surface area (Å²) in [5.41, 5.74) is 1.61. The van der Waals surface area contributed by atoms with Crippen molar-refractivity contribution in [1.82, 2.24) is 0 Å². The summed E-state index contributed by atoms with van der Waals surface area (Å²) < 4.78 is 1.57. The summed E-state index contributed by atoms with van der Waals surface area (Å²) in [4.78, 5) is 0. The van der Waals surface area contributed by atoms with Crippen LogP contribution in [-0.4, -0.2) is 10.2 Å². The normalized spacial score (nSPS) is 10.7. The van der Waals surface area contributed by atoms with Crippen LogP contribution in [0, 0.1) is 6.92 Å². The number of rotatable bonds is 0. The molecule has 72 valence electrons. The molecule has 0 aliphatic carbocycles. The molecular weight excluding hydrogens is 178 g/mol. The lowest BCUT2D eigenvalue weighted by Crippen LogP contribution is -2.29. The van der Waals surface area contributed by atoms with Crippen molar-refractivity contribution in [3.05, 3.63) is 29.8 Å². The molecule has 0 bridgehead atoms. The minimum Gasteiger partial charge on any atom is -0.500 e. The molecule has 3 heteroatoms. The third-order valence-electron chi connectivity index (χ3n) is 2.55. The number of aromatic nitrogens is 1. The smallest absolute Gasteiger partial charge is 0.409 e. The number of nitrogens with zero attached hydrogens (tertiary/aromatic N) is 1. The molecule has 0 aliphatic rings. The minimum absolute atomic E-state index is 0.0498. The van der Waals surface area contributed by atoms with E-state index >= 15 is 0 Å². The van der Waals surface area contributed by atoms with Crippen LogP contribution in [0.5, 0.6) is 11.6 Å². The largest absolute Gasteiger partial charge is 0.500 e. The second kappa shape index (κ2) is 2.87. The minimum atomic E-state index is -0.0961. The summed E-state index contributed by atoms with van der Waals surface area (Å²) in [6.07, 6.45) is 0. The Kier molecular flexibility index (Phi) is 1.81. The van der Waals surface area contributed by atoms with Crippen molar-refractivity contribution in [2.45, 2.75) is 6.92 Å². The van der Waals surface area contributed by atoms with Gasteiger partial charge >= 0.3 is 5.88 Å². The Morgan fingerprint density at radius 2 is 1.79 bits per heavy atom. The molecule has 0 saturated heterocycles. The van der Waals surface area contributed by atoms with Gasteiger partial charge in [-0.25, -0.2) is 0 Å². The lowest BCUT2D eigenvalue weighted by Gasteiger charge is -2.04. The Hall–Kier alpha value is -1.77. The first kappa shape index (κ1) is 8.81. The van der Waals surface area contributed by atoms with Gasteiger partial charge < -0.3 is 10.2 Å². The van der Waals surface area contributed by atoms with E-state index in [1.807, 2.05) is 24.3 Å². The van der Waals surface area contributed by atoms with E-state index < -0.39 is 0 Å². The highest BCUT2D eigenvalue weighted by atomic mass is 16.3. The summed E-state index contributed by atoms with van der Waals surface area (Å²) >= 11 is 0. The van der Waals surface area contributed by atoms with Gasteiger partial charge in [-0.2, -0.15) is 4.57 Å². The molecule has 0 unspecified atom stereocenters. The number of hydrogen-bond acceptors (Lipinski definition) is 2. The average Bonchev–Trinajstić information content (AvgIpc) is 2.23. The SMILES string of the molecule is Cc1c(O)c(O)[n+](C)c2ccccc12. The van der Waals surface area contributed by atoms with Gasteiger partial charge in [0.15, 0.2) is 0 Å². The molecule has 0 radical (unpaired) electrons. The zero-order valence-corrected chi connectivity index (χ0v) is 8.15. The van der Waals surface area contributed by atoms with Crippen molar-refractivity contribution in [1.29, 1.82) is 0 Å². The zero-order chi connectivity index (χ0) is 10.3. The van der Waals surface area contributed by atoms with Crippen molar-refractivity contribution in [3.63, 3.8) is 0 Å². The second-order valence-electron chi connectivity index (χ2n) is 3.37. The molecule has 0 amide bonds. The number of aryl methyl sites for hydroxylation is 2. The van der Waals surface area contributed by atoms with Gasteiger partial charge in [0.2, 0.25) is 11.3 Å². The van der Waals surface area contributed by atoms with Gasteiger partial charge in [0, 0.05) is 11.6 Å². The summed E-state index contributed by atoms with van der Waals surface area (Å²) in [5.74, 6) is -0.146. The van der Waals surface area contributed by atoms with Gasteiger partial charge in [-0.05, 0) is 13.0 Å². The molecule has 1 aromatic heterocycles. The summed E-state index contributed by atoms with van der Waals surface area (Å²) in [5, 5.41) is 20.2. The number of aromatic hydroxyl groups is 2. The molecule has 0 aliphatic heterocycles. The highest BCUT2D eigenvalue weighted by molar-refractivity contribution is 5.81. The van der Waals surface area contributed by atoms with E-state index in [2.05, 4.69) is 0 Å². The quantitative estimate of drug-likeness (QED) is 0.616. The molecular formula is C11H12NO2+. The van der Waals surface area contributed by atoms with Crippen LogP contribution in [0.4, 0.5) is 0 Å². The number of benzene rings is 1. The maximum absolute atomic E-state index is 9.61. The molecule has 1 heterocycles. The van der Waals surface area contributed by atoms with Crippen LogP contribution >= 0.6 is 0 Å². The van der Waals surface area contributed by atoms with Crippen LogP contribution in [0.15, 0.2) is 24.3 Å². The summed E-state index contributed by atoms with van der Waals surface area (Å²) in [7, 11) is 1.72. The Bertz CT molecular complexity index is 460. The number of para-hydroxylation sites is 1. The van der Waals surface area contributed by atoms with Crippen LogP contribution in [0.2, 0.25) is 0 Å². The number of pyridine rings is 1. The van der Waals surface area contributed by atoms with Crippen LogP contribution < -0.4 is 4.57 Å². The van der Waals surface area contributed by atoms with Gasteiger partial charge in [0.05, 0.1) is 5.39 Å². The first-order valence-corrected chi connectivity index (χ1v) is 4.42. The molecule has 2 aromatic rings. The summed E-state index contributed by atoms with van der Waals surface area (Å²) in [6, 6.07) is 7.63. The third-order valence-corrected chi connectivity index (χ3v) is 2.55. The van der Waals surface area contributed by atoms with Gasteiger partial charge in [0.25, 0.3) is 0 Å². The summed E-state index contributed by atoms with van der Waals surface area (Å²) in [6.45, 7) is 1.79. The van der Waals surface area contributed by atoms with Crippen LogP contribution in [0.25, 0.3) is 10.9 Å². The Morgan fingerprint density at radius 1 is 1.14 bits per heavy atom. The predicted octanol–water partition coefficient (Wildman–Crippen LogP) is 1.38. The van der Waals surface area contributed by atoms with Crippen LogP contribution in [0.1, 0.15) is 5.56 Å². The second-order valence-corrected chi connectivity index (χ2v) is 3.37. The molecule has 2 N–H and O–H groups in total. The molecule has 3 nitrogen and oxygen atoms in total. The lowest BCUT2D eigenvalue weighted by atomic mass is 10.1. The molecule has 0 saturated carbocycles. The van der Waals surface area contributed by atoms with Gasteiger partial charge in [0.1, 0.15) is 7.05 Å². The van der Waals surface area contributed by atoms with E-state index in [0.717, 1.165) is 10.9 Å². The van der Waals surface area contributed by atoms with E-state index in [-0.39, 0.29) is 11.6 Å². The van der Waals surface area contributed by atoms with Crippen molar-refractivity contribution in [3.8, 4) is 11.6 Å². The fourth-order valence-electron chi connectivity index (χ4n) is 1.65. The van der Waals surface area contributed by atoms with Gasteiger partial charge in [-0.3, -0.25) is 0 Å². The van der Waals surface area contributed by atoms with E-state index in [1.165, 1.54) is 0 Å². The predicted molar refractivity (Wildman–Crippen MR) is 53.2 cm³/mol. The van der Waals surface area contributed by atoms with E-state index in [9.17, 15) is 10.2 Å². The van der Waals surface area contributed by atoms with Crippen molar-refractivity contribution < 1.29 is 14.8 Å². The van der Waals surface area contributed by atoms with E-state index in [4.69, 9.17) is 0 Å². The Labute approximate surface area is 81.9 Å². The standard InChI is InChI=1S/C11H11NO2/c1-7-8-5-3-4-6-9(8)12(2)11(14)10(7)13/h3-6,13H,1-2H3/p+1. The Morgan fingerprint density at radius 3 is 2.50 bits per heavy atom. The van der Waals surface area contributed by atoms with Crippen molar-refractivity contribution in [2.24, 2.45) is 7.05 Å². The molecule has 14 heavy (non-hydrogen) atoms. The first-order valence-electron chi connectivity index (χ1n) is 4.42. The van der Waals surface area contributed by atoms with Crippen molar-refractivity contribution in [2.75, 3.05) is 0 Å². The average molecular weight is 190 g/mol. The molecule has 1 aromatic carbocycles. The van der Waals surface area contributed by atoms with Gasteiger partial charge in [-0.15, -0.1) is 0 Å². The van der Waals surface area contributed by atoms with Gasteiger partial charge in [-0.1, -0.05) is 12.1 Å². The monoisotopic (exact) mass is 190 g/mol.